The third-order valence-corrected chi connectivity index (χ3v) is 4.12. The van der Waals surface area contributed by atoms with Crippen LogP contribution in [-0.4, -0.2) is 47.3 Å². The lowest BCUT2D eigenvalue weighted by atomic mass is 10.1. The highest BCUT2D eigenvalue weighted by atomic mass is 35.5. The molecule has 1 aliphatic rings. The Morgan fingerprint density at radius 3 is 2.83 bits per heavy atom. The van der Waals surface area contributed by atoms with Crippen LogP contribution < -0.4 is 9.47 Å². The van der Waals surface area contributed by atoms with Crippen LogP contribution in [0.3, 0.4) is 0 Å². The standard InChI is InChI=1S/C17H18ClN3O3/c1-11-3-6-16(20-19-11)24-13-7-8-21(10-13)17(22)14-9-12(18)4-5-15(14)23-2/h3-6,9,13H,7-8,10H2,1-2H3/t13-/m0/s1. The topological polar surface area (TPSA) is 64.5 Å². The summed E-state index contributed by atoms with van der Waals surface area (Å²) in [4.78, 5) is 14.5. The lowest BCUT2D eigenvalue weighted by Crippen LogP contribution is -2.31. The highest BCUT2D eigenvalue weighted by molar-refractivity contribution is 6.31. The molecule has 2 aromatic rings. The van der Waals surface area contributed by atoms with Crippen LogP contribution in [0.25, 0.3) is 0 Å². The van der Waals surface area contributed by atoms with E-state index in [0.717, 1.165) is 12.1 Å². The smallest absolute Gasteiger partial charge is 0.257 e. The number of hydrogen-bond acceptors (Lipinski definition) is 5. The average molecular weight is 348 g/mol. The highest BCUT2D eigenvalue weighted by Gasteiger charge is 2.30. The number of aryl methyl sites for hydroxylation is 1. The summed E-state index contributed by atoms with van der Waals surface area (Å²) in [6.45, 7) is 2.97. The van der Waals surface area contributed by atoms with Crippen LogP contribution >= 0.6 is 11.6 Å². The van der Waals surface area contributed by atoms with Crippen molar-refractivity contribution in [3.8, 4) is 11.6 Å². The van der Waals surface area contributed by atoms with Crippen LogP contribution in [0.4, 0.5) is 0 Å². The molecule has 126 valence electrons. The minimum atomic E-state index is -0.115. The molecule has 3 rings (SSSR count). The van der Waals surface area contributed by atoms with E-state index in [0.29, 0.717) is 35.3 Å². The summed E-state index contributed by atoms with van der Waals surface area (Å²) in [5, 5.41) is 8.47. The van der Waals surface area contributed by atoms with Crippen molar-refractivity contribution in [2.24, 2.45) is 0 Å². The second kappa shape index (κ2) is 7.05. The molecule has 6 nitrogen and oxygen atoms in total. The van der Waals surface area contributed by atoms with Gasteiger partial charge in [0.15, 0.2) is 0 Å². The summed E-state index contributed by atoms with van der Waals surface area (Å²) >= 11 is 6.01. The van der Waals surface area contributed by atoms with Gasteiger partial charge in [-0.1, -0.05) is 11.6 Å². The maximum atomic E-state index is 12.7. The SMILES string of the molecule is COc1ccc(Cl)cc1C(=O)N1CC[C@H](Oc2ccc(C)nn2)C1. The van der Waals surface area contributed by atoms with Crippen LogP contribution in [0.1, 0.15) is 22.5 Å². The largest absolute Gasteiger partial charge is 0.496 e. The number of methoxy groups -OCH3 is 1. The number of amides is 1. The number of likely N-dealkylation sites (tertiary alicyclic amines) is 1. The number of halogens is 1. The molecule has 1 aromatic carbocycles. The molecule has 24 heavy (non-hydrogen) atoms. The van der Waals surface area contributed by atoms with Crippen LogP contribution in [0.2, 0.25) is 5.02 Å². The van der Waals surface area contributed by atoms with Crippen molar-refractivity contribution in [1.82, 2.24) is 15.1 Å². The van der Waals surface area contributed by atoms with Gasteiger partial charge in [0.2, 0.25) is 5.88 Å². The minimum Gasteiger partial charge on any atom is -0.496 e. The molecular formula is C17H18ClN3O3. The number of ether oxygens (including phenoxy) is 2. The van der Waals surface area contributed by atoms with Gasteiger partial charge in [-0.25, -0.2) is 0 Å². The van der Waals surface area contributed by atoms with E-state index in [1.165, 1.54) is 7.11 Å². The van der Waals surface area contributed by atoms with Gasteiger partial charge in [0.1, 0.15) is 11.9 Å². The quantitative estimate of drug-likeness (QED) is 0.850. The predicted molar refractivity (Wildman–Crippen MR) is 89.7 cm³/mol. The fourth-order valence-electron chi connectivity index (χ4n) is 2.65. The van der Waals surface area contributed by atoms with Gasteiger partial charge in [-0.15, -0.1) is 5.10 Å². The maximum Gasteiger partial charge on any atom is 0.257 e. The number of aromatic nitrogens is 2. The Morgan fingerprint density at radius 1 is 1.29 bits per heavy atom. The summed E-state index contributed by atoms with van der Waals surface area (Å²) in [6.07, 6.45) is 0.639. The molecule has 0 N–H and O–H groups in total. The second-order valence-electron chi connectivity index (χ2n) is 5.64. The van der Waals surface area contributed by atoms with Crippen molar-refractivity contribution >= 4 is 17.5 Å². The molecule has 1 fully saturated rings. The average Bonchev–Trinajstić information content (AvgIpc) is 3.05. The van der Waals surface area contributed by atoms with E-state index in [1.807, 2.05) is 13.0 Å². The first kappa shape index (κ1) is 16.5. The molecule has 0 bridgehead atoms. The van der Waals surface area contributed by atoms with Gasteiger partial charge < -0.3 is 14.4 Å². The van der Waals surface area contributed by atoms with Crippen molar-refractivity contribution in [2.45, 2.75) is 19.4 Å². The van der Waals surface area contributed by atoms with Gasteiger partial charge in [0.05, 0.1) is 24.9 Å². The molecule has 0 aliphatic carbocycles. The number of hydrogen-bond donors (Lipinski definition) is 0. The van der Waals surface area contributed by atoms with Crippen LogP contribution in [0.15, 0.2) is 30.3 Å². The fourth-order valence-corrected chi connectivity index (χ4v) is 2.82. The van der Waals surface area contributed by atoms with E-state index in [-0.39, 0.29) is 12.0 Å². The lowest BCUT2D eigenvalue weighted by molar-refractivity contribution is 0.0767. The van der Waals surface area contributed by atoms with E-state index in [1.54, 1.807) is 29.2 Å². The van der Waals surface area contributed by atoms with Gasteiger partial charge in [-0.2, -0.15) is 5.10 Å². The van der Waals surface area contributed by atoms with Crippen LogP contribution in [0.5, 0.6) is 11.6 Å². The third-order valence-electron chi connectivity index (χ3n) is 3.88. The molecule has 1 amide bonds. The lowest BCUT2D eigenvalue weighted by Gasteiger charge is -2.18. The van der Waals surface area contributed by atoms with Crippen molar-refractivity contribution in [3.05, 3.63) is 46.6 Å². The first-order valence-corrected chi connectivity index (χ1v) is 8.04. The van der Waals surface area contributed by atoms with Crippen molar-refractivity contribution in [3.63, 3.8) is 0 Å². The van der Waals surface area contributed by atoms with E-state index < -0.39 is 0 Å². The van der Waals surface area contributed by atoms with Gasteiger partial charge in [0.25, 0.3) is 5.91 Å². The summed E-state index contributed by atoms with van der Waals surface area (Å²) in [6, 6.07) is 8.65. The molecule has 0 spiro atoms. The molecular weight excluding hydrogens is 330 g/mol. The summed E-state index contributed by atoms with van der Waals surface area (Å²) in [5.74, 6) is 0.869. The Labute approximate surface area is 145 Å². The Morgan fingerprint density at radius 2 is 2.12 bits per heavy atom. The van der Waals surface area contributed by atoms with E-state index in [9.17, 15) is 4.79 Å². The summed E-state index contributed by atoms with van der Waals surface area (Å²) in [5.41, 5.74) is 1.29. The Hall–Kier alpha value is -2.34. The molecule has 0 radical (unpaired) electrons. The van der Waals surface area contributed by atoms with Gasteiger partial charge in [0, 0.05) is 24.1 Å². The number of carbonyl (C=O) groups excluding carboxylic acids is 1. The van der Waals surface area contributed by atoms with Crippen molar-refractivity contribution in [1.29, 1.82) is 0 Å². The predicted octanol–water partition coefficient (Wildman–Crippen LogP) is 2.74. The molecule has 1 aromatic heterocycles. The normalized spacial score (nSPS) is 17.0. The Balaban J connectivity index is 1.68. The number of carbonyl (C=O) groups is 1. The molecule has 2 heterocycles. The number of benzene rings is 1. The zero-order valence-corrected chi connectivity index (χ0v) is 14.3. The highest BCUT2D eigenvalue weighted by Crippen LogP contribution is 2.26. The van der Waals surface area contributed by atoms with E-state index in [2.05, 4.69) is 10.2 Å². The van der Waals surface area contributed by atoms with Crippen molar-refractivity contribution in [2.75, 3.05) is 20.2 Å². The van der Waals surface area contributed by atoms with Crippen LogP contribution in [-0.2, 0) is 0 Å². The summed E-state index contributed by atoms with van der Waals surface area (Å²) in [7, 11) is 1.53. The Kier molecular flexibility index (Phi) is 4.85. The monoisotopic (exact) mass is 347 g/mol. The maximum absolute atomic E-state index is 12.7. The van der Waals surface area contributed by atoms with Gasteiger partial charge in [-0.05, 0) is 31.2 Å². The zero-order valence-electron chi connectivity index (χ0n) is 13.5. The second-order valence-corrected chi connectivity index (χ2v) is 6.07. The first-order chi connectivity index (χ1) is 11.6. The molecule has 0 saturated carbocycles. The van der Waals surface area contributed by atoms with Gasteiger partial charge in [-0.3, -0.25) is 4.79 Å². The van der Waals surface area contributed by atoms with E-state index >= 15 is 0 Å². The van der Waals surface area contributed by atoms with Crippen LogP contribution in [0, 0.1) is 6.92 Å². The zero-order chi connectivity index (χ0) is 17.1. The minimum absolute atomic E-state index is 0.101. The molecule has 0 unspecified atom stereocenters. The third kappa shape index (κ3) is 3.59. The van der Waals surface area contributed by atoms with Gasteiger partial charge >= 0.3 is 0 Å². The number of rotatable bonds is 4. The molecule has 7 heteroatoms. The molecule has 1 atom stereocenters. The molecule has 1 saturated heterocycles. The Bertz CT molecular complexity index is 736. The first-order valence-electron chi connectivity index (χ1n) is 7.66. The van der Waals surface area contributed by atoms with Crippen molar-refractivity contribution < 1.29 is 14.3 Å². The van der Waals surface area contributed by atoms with E-state index in [4.69, 9.17) is 21.1 Å². The fraction of sp³-hybridized carbons (Fsp3) is 0.353. The molecule has 1 aliphatic heterocycles. The summed E-state index contributed by atoms with van der Waals surface area (Å²) < 4.78 is 11.1. The number of nitrogens with zero attached hydrogens (tertiary/aromatic N) is 3.